The Labute approximate surface area is 189 Å². The van der Waals surface area contributed by atoms with Crippen molar-refractivity contribution in [2.45, 2.75) is 24.4 Å². The van der Waals surface area contributed by atoms with E-state index in [0.29, 0.717) is 19.8 Å². The molecular weight excluding hydrogens is 428 g/mol. The van der Waals surface area contributed by atoms with Crippen molar-refractivity contribution in [3.8, 4) is 11.3 Å². The molecule has 3 aromatic heterocycles. The molecule has 0 amide bonds. The highest BCUT2D eigenvalue weighted by atomic mass is 32.2. The molecule has 0 unspecified atom stereocenters. The van der Waals surface area contributed by atoms with Gasteiger partial charge in [-0.1, -0.05) is 42.1 Å². The van der Waals surface area contributed by atoms with E-state index < -0.39 is 0 Å². The SMILES string of the molecule is CSc1nc(NCCOCCO)c2sc3nc(-c4ccccc4)c4c(c3c2n1)CCC4. The number of nitrogens with one attached hydrogen (secondary N) is 1. The monoisotopic (exact) mass is 452 g/mol. The highest BCUT2D eigenvalue weighted by molar-refractivity contribution is 7.98. The molecule has 0 fully saturated rings. The molecule has 0 radical (unpaired) electrons. The minimum atomic E-state index is 0.0330. The third-order valence-electron chi connectivity index (χ3n) is 5.52. The maximum atomic E-state index is 8.88. The van der Waals surface area contributed by atoms with Crippen molar-refractivity contribution >= 4 is 49.3 Å². The number of aliphatic hydroxyl groups excluding tert-OH is 1. The summed E-state index contributed by atoms with van der Waals surface area (Å²) in [6, 6.07) is 10.5. The highest BCUT2D eigenvalue weighted by Gasteiger charge is 2.25. The first-order valence-corrected chi connectivity index (χ1v) is 12.5. The molecule has 0 bridgehead atoms. The van der Waals surface area contributed by atoms with E-state index in [9.17, 15) is 0 Å². The normalized spacial score (nSPS) is 13.2. The predicted octanol–water partition coefficient (Wildman–Crippen LogP) is 4.54. The summed E-state index contributed by atoms with van der Waals surface area (Å²) in [5.74, 6) is 0.831. The molecule has 0 aliphatic heterocycles. The van der Waals surface area contributed by atoms with Crippen LogP contribution in [0.3, 0.4) is 0 Å². The number of ether oxygens (including phenoxy) is 1. The summed E-state index contributed by atoms with van der Waals surface area (Å²) in [5, 5.41) is 14.2. The fourth-order valence-electron chi connectivity index (χ4n) is 4.20. The van der Waals surface area contributed by atoms with Gasteiger partial charge in [0.05, 0.1) is 35.7 Å². The fraction of sp³-hybridized carbons (Fsp3) is 0.348. The minimum Gasteiger partial charge on any atom is -0.394 e. The van der Waals surface area contributed by atoms with Crippen LogP contribution in [0.15, 0.2) is 35.5 Å². The van der Waals surface area contributed by atoms with Gasteiger partial charge in [0.2, 0.25) is 0 Å². The van der Waals surface area contributed by atoms with Gasteiger partial charge in [-0.2, -0.15) is 0 Å². The summed E-state index contributed by atoms with van der Waals surface area (Å²) in [4.78, 5) is 15.8. The summed E-state index contributed by atoms with van der Waals surface area (Å²) >= 11 is 3.21. The number of aryl methyl sites for hydroxylation is 1. The van der Waals surface area contributed by atoms with E-state index in [0.717, 1.165) is 51.0 Å². The molecule has 4 aromatic rings. The zero-order valence-corrected chi connectivity index (χ0v) is 19.0. The van der Waals surface area contributed by atoms with Crippen molar-refractivity contribution in [2.24, 2.45) is 0 Å². The number of rotatable bonds is 8. The van der Waals surface area contributed by atoms with Gasteiger partial charge in [-0.15, -0.1) is 11.3 Å². The first-order chi connectivity index (χ1) is 15.3. The van der Waals surface area contributed by atoms with Crippen molar-refractivity contribution < 1.29 is 9.84 Å². The van der Waals surface area contributed by atoms with Crippen molar-refractivity contribution in [1.29, 1.82) is 0 Å². The Hall–Kier alpha value is -2.26. The van der Waals surface area contributed by atoms with Crippen LogP contribution in [0.4, 0.5) is 5.82 Å². The summed E-state index contributed by atoms with van der Waals surface area (Å²) in [7, 11) is 0. The van der Waals surface area contributed by atoms with Gasteiger partial charge in [-0.3, -0.25) is 0 Å². The maximum Gasteiger partial charge on any atom is 0.189 e. The van der Waals surface area contributed by atoms with E-state index >= 15 is 0 Å². The van der Waals surface area contributed by atoms with Crippen molar-refractivity contribution in [3.63, 3.8) is 0 Å². The second-order valence-electron chi connectivity index (χ2n) is 7.42. The number of thioether (sulfide) groups is 1. The molecule has 31 heavy (non-hydrogen) atoms. The lowest BCUT2D eigenvalue weighted by atomic mass is 10.0. The molecule has 0 spiro atoms. The number of thiophene rings is 1. The van der Waals surface area contributed by atoms with Crippen LogP contribution in [0.25, 0.3) is 31.7 Å². The number of hydrogen-bond acceptors (Lipinski definition) is 8. The molecule has 1 aliphatic carbocycles. The molecule has 8 heteroatoms. The Morgan fingerprint density at radius 1 is 1.10 bits per heavy atom. The Morgan fingerprint density at radius 2 is 1.94 bits per heavy atom. The average molecular weight is 453 g/mol. The molecule has 160 valence electrons. The molecule has 0 atom stereocenters. The molecule has 5 rings (SSSR count). The van der Waals surface area contributed by atoms with Crippen molar-refractivity contribution in [3.05, 3.63) is 41.5 Å². The number of hydrogen-bond donors (Lipinski definition) is 2. The number of fused-ring (bicyclic) bond motifs is 5. The van der Waals surface area contributed by atoms with E-state index in [1.807, 2.05) is 12.3 Å². The van der Waals surface area contributed by atoms with Gasteiger partial charge in [0.15, 0.2) is 5.16 Å². The number of aliphatic hydroxyl groups is 1. The Balaban J connectivity index is 1.65. The van der Waals surface area contributed by atoms with Gasteiger partial charge < -0.3 is 15.2 Å². The molecule has 0 saturated carbocycles. The van der Waals surface area contributed by atoms with Gasteiger partial charge in [-0.25, -0.2) is 15.0 Å². The number of pyridine rings is 1. The quantitative estimate of drug-likeness (QED) is 0.231. The van der Waals surface area contributed by atoms with Crippen LogP contribution in [0.1, 0.15) is 17.5 Å². The third-order valence-corrected chi connectivity index (χ3v) is 7.14. The molecule has 2 N–H and O–H groups in total. The van der Waals surface area contributed by atoms with Crippen LogP contribution in [0.5, 0.6) is 0 Å². The first-order valence-electron chi connectivity index (χ1n) is 10.5. The second kappa shape index (κ2) is 9.08. The van der Waals surface area contributed by atoms with Crippen LogP contribution in [-0.4, -0.2) is 52.7 Å². The molecule has 1 aromatic carbocycles. The second-order valence-corrected chi connectivity index (χ2v) is 9.19. The summed E-state index contributed by atoms with van der Waals surface area (Å²) < 4.78 is 6.43. The largest absolute Gasteiger partial charge is 0.394 e. The lowest BCUT2D eigenvalue weighted by Gasteiger charge is -2.10. The maximum absolute atomic E-state index is 8.88. The number of aromatic nitrogens is 3. The van der Waals surface area contributed by atoms with Crippen LogP contribution in [-0.2, 0) is 17.6 Å². The van der Waals surface area contributed by atoms with Crippen LogP contribution < -0.4 is 5.32 Å². The van der Waals surface area contributed by atoms with Crippen molar-refractivity contribution in [1.82, 2.24) is 15.0 Å². The highest BCUT2D eigenvalue weighted by Crippen LogP contribution is 2.43. The van der Waals surface area contributed by atoms with Gasteiger partial charge in [0, 0.05) is 17.5 Å². The van der Waals surface area contributed by atoms with Crippen molar-refractivity contribution in [2.75, 3.05) is 37.9 Å². The zero-order valence-electron chi connectivity index (χ0n) is 17.4. The fourth-order valence-corrected chi connectivity index (χ4v) is 5.68. The van der Waals surface area contributed by atoms with Crippen LogP contribution >= 0.6 is 23.1 Å². The lowest BCUT2D eigenvalue weighted by molar-refractivity contribution is 0.0992. The Morgan fingerprint density at radius 3 is 2.74 bits per heavy atom. The molecule has 1 aliphatic rings. The smallest absolute Gasteiger partial charge is 0.189 e. The third kappa shape index (κ3) is 3.89. The molecule has 6 nitrogen and oxygen atoms in total. The number of anilines is 1. The zero-order chi connectivity index (χ0) is 21.2. The first kappa shape index (κ1) is 20.6. The van der Waals surface area contributed by atoms with Crippen LogP contribution in [0.2, 0.25) is 0 Å². The molecule has 0 saturated heterocycles. The lowest BCUT2D eigenvalue weighted by Crippen LogP contribution is -2.12. The van der Waals surface area contributed by atoms with Gasteiger partial charge >= 0.3 is 0 Å². The van der Waals surface area contributed by atoms with Gasteiger partial charge in [0.1, 0.15) is 10.6 Å². The number of nitrogens with zero attached hydrogens (tertiary/aromatic N) is 3. The number of benzene rings is 1. The van der Waals surface area contributed by atoms with E-state index in [1.54, 1.807) is 23.1 Å². The minimum absolute atomic E-state index is 0.0330. The summed E-state index contributed by atoms with van der Waals surface area (Å²) in [6.45, 7) is 1.51. The van der Waals surface area contributed by atoms with Gasteiger partial charge in [-0.05, 0) is 36.6 Å². The average Bonchev–Trinajstić information content (AvgIpc) is 3.43. The summed E-state index contributed by atoms with van der Waals surface area (Å²) in [5.41, 5.74) is 6.06. The standard InChI is InChI=1S/C23H24N4O2S2/c1-30-23-26-19-17-15-8-5-9-16(15)18(14-6-3-2-4-7-14)25-22(17)31-20(19)21(27-23)24-10-12-29-13-11-28/h2-4,6-7,28H,5,8-13H2,1H3,(H,24,26,27). The predicted molar refractivity (Wildman–Crippen MR) is 128 cm³/mol. The van der Waals surface area contributed by atoms with E-state index in [2.05, 4.69) is 29.6 Å². The van der Waals surface area contributed by atoms with E-state index in [1.165, 1.54) is 22.1 Å². The van der Waals surface area contributed by atoms with E-state index in [4.69, 9.17) is 24.8 Å². The molecule has 3 heterocycles. The van der Waals surface area contributed by atoms with Gasteiger partial charge in [0.25, 0.3) is 0 Å². The molecular formula is C23H24N4O2S2. The van der Waals surface area contributed by atoms with Crippen LogP contribution in [0, 0.1) is 0 Å². The summed E-state index contributed by atoms with van der Waals surface area (Å²) in [6.07, 6.45) is 5.28. The topological polar surface area (TPSA) is 80.2 Å². The Kier molecular flexibility index (Phi) is 6.04. The Bertz CT molecular complexity index is 1230. The van der Waals surface area contributed by atoms with E-state index in [-0.39, 0.29) is 6.61 Å².